The van der Waals surface area contributed by atoms with Gasteiger partial charge in [-0.2, -0.15) is 0 Å². The lowest BCUT2D eigenvalue weighted by molar-refractivity contribution is -0.129. The van der Waals surface area contributed by atoms with Gasteiger partial charge in [0.15, 0.2) is 0 Å². The van der Waals surface area contributed by atoms with Crippen LogP contribution in [0.5, 0.6) is 0 Å². The molecule has 1 heterocycles. The molecule has 1 N–H and O–H groups in total. The van der Waals surface area contributed by atoms with Gasteiger partial charge in [-0.1, -0.05) is 43.7 Å². The molecule has 1 fully saturated rings. The zero-order valence-corrected chi connectivity index (χ0v) is 13.5. The van der Waals surface area contributed by atoms with Crippen LogP contribution in [0.2, 0.25) is 0 Å². The lowest BCUT2D eigenvalue weighted by Crippen LogP contribution is -2.38. The maximum Gasteiger partial charge on any atom is 0.236 e. The van der Waals surface area contributed by atoms with E-state index >= 15 is 0 Å². The fourth-order valence-corrected chi connectivity index (χ4v) is 3.67. The summed E-state index contributed by atoms with van der Waals surface area (Å²) in [6.45, 7) is 9.96. The Morgan fingerprint density at radius 2 is 1.95 bits per heavy atom. The number of hydrogen-bond acceptors (Lipinski definition) is 3. The Balaban J connectivity index is 2.09. The van der Waals surface area contributed by atoms with Crippen LogP contribution in [0.15, 0.2) is 24.3 Å². The first-order valence-corrected chi connectivity index (χ1v) is 8.19. The van der Waals surface area contributed by atoms with Crippen molar-refractivity contribution in [2.75, 3.05) is 13.1 Å². The van der Waals surface area contributed by atoms with E-state index in [0.717, 1.165) is 13.1 Å². The highest BCUT2D eigenvalue weighted by molar-refractivity contribution is 8.01. The van der Waals surface area contributed by atoms with Crippen molar-refractivity contribution >= 4 is 17.7 Å². The van der Waals surface area contributed by atoms with Crippen LogP contribution in [-0.4, -0.2) is 35.2 Å². The smallest absolute Gasteiger partial charge is 0.236 e. The van der Waals surface area contributed by atoms with Crippen LogP contribution in [0, 0.1) is 6.92 Å². The molecule has 0 bridgehead atoms. The zero-order valence-electron chi connectivity index (χ0n) is 12.7. The van der Waals surface area contributed by atoms with Crippen LogP contribution in [-0.2, 0) is 4.79 Å². The van der Waals surface area contributed by atoms with Gasteiger partial charge in [0.25, 0.3) is 0 Å². The molecule has 1 aliphatic rings. The first kappa shape index (κ1) is 15.4. The molecule has 0 saturated carbocycles. The highest BCUT2D eigenvalue weighted by Crippen LogP contribution is 2.42. The second-order valence-corrected chi connectivity index (χ2v) is 7.11. The van der Waals surface area contributed by atoms with E-state index < -0.39 is 0 Å². The molecule has 1 aromatic rings. The molecule has 0 spiro atoms. The van der Waals surface area contributed by atoms with Gasteiger partial charge < -0.3 is 10.2 Å². The molecule has 0 unspecified atom stereocenters. The Morgan fingerprint density at radius 1 is 1.30 bits per heavy atom. The quantitative estimate of drug-likeness (QED) is 0.905. The van der Waals surface area contributed by atoms with Gasteiger partial charge in [0.1, 0.15) is 5.37 Å². The summed E-state index contributed by atoms with van der Waals surface area (Å²) in [7, 11) is 0. The SMILES string of the molecule is Cc1ccc([C@@H]2S[C@@H](C)C(=O)N2CCNC(C)C)cc1. The molecule has 2 rings (SSSR count). The number of aryl methyl sites for hydroxylation is 1. The number of benzene rings is 1. The van der Waals surface area contributed by atoms with Gasteiger partial charge in [-0.25, -0.2) is 0 Å². The third kappa shape index (κ3) is 3.55. The van der Waals surface area contributed by atoms with E-state index in [4.69, 9.17) is 0 Å². The summed E-state index contributed by atoms with van der Waals surface area (Å²) >= 11 is 1.75. The molecule has 0 aromatic heterocycles. The van der Waals surface area contributed by atoms with Gasteiger partial charge in [0.2, 0.25) is 5.91 Å². The largest absolute Gasteiger partial charge is 0.324 e. The second kappa shape index (κ2) is 6.64. The van der Waals surface area contributed by atoms with Crippen LogP contribution in [0.1, 0.15) is 37.3 Å². The second-order valence-electron chi connectivity index (χ2n) is 5.68. The summed E-state index contributed by atoms with van der Waals surface area (Å²) in [6.07, 6.45) is 0. The van der Waals surface area contributed by atoms with Crippen molar-refractivity contribution in [3.8, 4) is 0 Å². The molecule has 20 heavy (non-hydrogen) atoms. The summed E-state index contributed by atoms with van der Waals surface area (Å²) < 4.78 is 0. The van der Waals surface area contributed by atoms with E-state index in [-0.39, 0.29) is 16.5 Å². The minimum absolute atomic E-state index is 0.0559. The van der Waals surface area contributed by atoms with Crippen molar-refractivity contribution in [2.45, 2.75) is 44.4 Å². The van der Waals surface area contributed by atoms with Gasteiger partial charge in [-0.3, -0.25) is 4.79 Å². The average Bonchev–Trinajstić information content (AvgIpc) is 2.67. The van der Waals surface area contributed by atoms with Crippen LogP contribution in [0.3, 0.4) is 0 Å². The molecule has 4 heteroatoms. The molecule has 1 aromatic carbocycles. The number of hydrogen-bond donors (Lipinski definition) is 1. The van der Waals surface area contributed by atoms with E-state index in [9.17, 15) is 4.79 Å². The van der Waals surface area contributed by atoms with Gasteiger partial charge in [-0.15, -0.1) is 11.8 Å². The minimum Gasteiger partial charge on any atom is -0.324 e. The lowest BCUT2D eigenvalue weighted by atomic mass is 10.1. The first-order valence-electron chi connectivity index (χ1n) is 7.25. The van der Waals surface area contributed by atoms with Crippen molar-refractivity contribution < 1.29 is 4.79 Å². The molecule has 3 nitrogen and oxygen atoms in total. The van der Waals surface area contributed by atoms with E-state index in [2.05, 4.69) is 50.4 Å². The lowest BCUT2D eigenvalue weighted by Gasteiger charge is -2.25. The number of nitrogens with zero attached hydrogens (tertiary/aromatic N) is 1. The number of thioether (sulfide) groups is 1. The van der Waals surface area contributed by atoms with Crippen LogP contribution >= 0.6 is 11.8 Å². The van der Waals surface area contributed by atoms with Crippen molar-refractivity contribution in [3.63, 3.8) is 0 Å². The molecular formula is C16H24N2OS. The number of carbonyl (C=O) groups excluding carboxylic acids is 1. The first-order chi connectivity index (χ1) is 9.49. The highest BCUT2D eigenvalue weighted by atomic mass is 32.2. The van der Waals surface area contributed by atoms with Crippen molar-refractivity contribution in [1.29, 1.82) is 0 Å². The van der Waals surface area contributed by atoms with Crippen LogP contribution < -0.4 is 5.32 Å². The number of nitrogens with one attached hydrogen (secondary N) is 1. The number of rotatable bonds is 5. The van der Waals surface area contributed by atoms with Crippen molar-refractivity contribution in [1.82, 2.24) is 10.2 Å². The van der Waals surface area contributed by atoms with Gasteiger partial charge in [-0.05, 0) is 19.4 Å². The Labute approximate surface area is 126 Å². The van der Waals surface area contributed by atoms with Gasteiger partial charge >= 0.3 is 0 Å². The summed E-state index contributed by atoms with van der Waals surface area (Å²) in [5.74, 6) is 0.256. The fraction of sp³-hybridized carbons (Fsp3) is 0.562. The summed E-state index contributed by atoms with van der Waals surface area (Å²) in [6, 6.07) is 8.97. The Bertz CT molecular complexity index is 458. The maximum atomic E-state index is 12.3. The standard InChI is InChI=1S/C16H24N2OS/c1-11(2)17-9-10-18-15(19)13(4)20-16(18)14-7-5-12(3)6-8-14/h5-8,11,13,16-17H,9-10H2,1-4H3/t13-,16-/m0/s1. The van der Waals surface area contributed by atoms with Gasteiger partial charge in [0.05, 0.1) is 5.25 Å². The van der Waals surface area contributed by atoms with E-state index in [1.165, 1.54) is 11.1 Å². The van der Waals surface area contributed by atoms with Crippen molar-refractivity contribution in [3.05, 3.63) is 35.4 Å². The Kier molecular flexibility index (Phi) is 5.11. The normalized spacial score (nSPS) is 22.9. The predicted molar refractivity (Wildman–Crippen MR) is 85.8 cm³/mol. The molecule has 2 atom stereocenters. The maximum absolute atomic E-state index is 12.3. The molecular weight excluding hydrogens is 268 g/mol. The third-order valence-electron chi connectivity index (χ3n) is 3.51. The molecule has 1 saturated heterocycles. The third-order valence-corrected chi connectivity index (χ3v) is 4.91. The Morgan fingerprint density at radius 3 is 2.55 bits per heavy atom. The van der Waals surface area contributed by atoms with E-state index in [1.54, 1.807) is 11.8 Å². The number of carbonyl (C=O) groups is 1. The van der Waals surface area contributed by atoms with Crippen LogP contribution in [0.25, 0.3) is 0 Å². The van der Waals surface area contributed by atoms with Gasteiger partial charge in [0, 0.05) is 19.1 Å². The minimum atomic E-state index is 0.0559. The van der Waals surface area contributed by atoms with Crippen molar-refractivity contribution in [2.24, 2.45) is 0 Å². The molecule has 0 aliphatic carbocycles. The number of amides is 1. The molecule has 0 radical (unpaired) electrons. The molecule has 1 aliphatic heterocycles. The Hall–Kier alpha value is -1.00. The monoisotopic (exact) mass is 292 g/mol. The average molecular weight is 292 g/mol. The van der Waals surface area contributed by atoms with Crippen LogP contribution in [0.4, 0.5) is 0 Å². The molecule has 110 valence electrons. The van der Waals surface area contributed by atoms with E-state index in [0.29, 0.717) is 6.04 Å². The zero-order chi connectivity index (χ0) is 14.7. The summed E-state index contributed by atoms with van der Waals surface area (Å²) in [4.78, 5) is 14.3. The predicted octanol–water partition coefficient (Wildman–Crippen LogP) is 2.96. The summed E-state index contributed by atoms with van der Waals surface area (Å²) in [5.41, 5.74) is 2.48. The van der Waals surface area contributed by atoms with E-state index in [1.807, 2.05) is 11.8 Å². The summed E-state index contributed by atoms with van der Waals surface area (Å²) in [5, 5.41) is 3.60. The molecule has 1 amide bonds. The fourth-order valence-electron chi connectivity index (χ4n) is 2.36. The topological polar surface area (TPSA) is 32.3 Å². The highest BCUT2D eigenvalue weighted by Gasteiger charge is 2.37.